The van der Waals surface area contributed by atoms with Crippen LogP contribution in [0.5, 0.6) is 0 Å². The number of carbonyl (C=O) groups excluding carboxylic acids is 3. The zero-order valence-electron chi connectivity index (χ0n) is 15.5. The number of nitrogens with one attached hydrogen (secondary N) is 1. The van der Waals surface area contributed by atoms with Gasteiger partial charge in [0.05, 0.1) is 11.3 Å². The third-order valence-corrected chi connectivity index (χ3v) is 4.98. The Labute approximate surface area is 163 Å². The molecule has 0 bridgehead atoms. The molecule has 1 atom stereocenters. The summed E-state index contributed by atoms with van der Waals surface area (Å²) in [6.45, 7) is 0.577. The van der Waals surface area contributed by atoms with Crippen LogP contribution in [0.1, 0.15) is 47.7 Å². The summed E-state index contributed by atoms with van der Waals surface area (Å²) >= 11 is 0. The van der Waals surface area contributed by atoms with Gasteiger partial charge in [0.1, 0.15) is 0 Å². The molecule has 6 heteroatoms. The van der Waals surface area contributed by atoms with E-state index < -0.39 is 12.1 Å². The summed E-state index contributed by atoms with van der Waals surface area (Å²) in [5.41, 5.74) is 1.44. The van der Waals surface area contributed by atoms with Gasteiger partial charge < -0.3 is 15.0 Å². The molecule has 6 nitrogen and oxygen atoms in total. The maximum atomic E-state index is 13.0. The van der Waals surface area contributed by atoms with E-state index in [1.165, 1.54) is 0 Å². The van der Waals surface area contributed by atoms with Crippen LogP contribution in [0.25, 0.3) is 0 Å². The Bertz CT molecular complexity index is 892. The van der Waals surface area contributed by atoms with E-state index in [0.29, 0.717) is 24.2 Å². The number of anilines is 1. The number of carbonyl (C=O) groups is 3. The minimum Gasteiger partial charge on any atom is -0.444 e. The molecular weight excluding hydrogens is 356 g/mol. The van der Waals surface area contributed by atoms with Gasteiger partial charge >= 0.3 is 5.97 Å². The van der Waals surface area contributed by atoms with E-state index in [4.69, 9.17) is 4.74 Å². The first-order valence-corrected chi connectivity index (χ1v) is 9.59. The van der Waals surface area contributed by atoms with Crippen molar-refractivity contribution in [2.24, 2.45) is 0 Å². The van der Waals surface area contributed by atoms with Gasteiger partial charge in [-0.1, -0.05) is 42.5 Å². The zero-order chi connectivity index (χ0) is 19.5. The third-order valence-electron chi connectivity index (χ3n) is 4.98. The number of hydrogen-bond donors (Lipinski definition) is 1. The first-order valence-electron chi connectivity index (χ1n) is 9.59. The standard InChI is InChI=1S/C22H22N2O4/c25-19-11-6-14-24(19)18-10-5-4-9-17(18)22(27)28-20(15-7-2-1-3-8-15)21(26)23-16-12-13-16/h1-5,7-10,16,20H,6,11-14H2,(H,23,26)/t20-/m1/s1. The second-order valence-corrected chi connectivity index (χ2v) is 7.14. The van der Waals surface area contributed by atoms with Crippen molar-refractivity contribution < 1.29 is 19.1 Å². The van der Waals surface area contributed by atoms with Crippen LogP contribution in [0.4, 0.5) is 5.69 Å². The van der Waals surface area contributed by atoms with Gasteiger partial charge in [-0.2, -0.15) is 0 Å². The molecular formula is C22H22N2O4. The van der Waals surface area contributed by atoms with Gasteiger partial charge in [0.15, 0.2) is 0 Å². The molecule has 0 unspecified atom stereocenters. The van der Waals surface area contributed by atoms with Crippen molar-refractivity contribution in [3.05, 3.63) is 65.7 Å². The van der Waals surface area contributed by atoms with Crippen molar-refractivity contribution >= 4 is 23.5 Å². The predicted molar refractivity (Wildman–Crippen MR) is 104 cm³/mol. The monoisotopic (exact) mass is 378 g/mol. The second kappa shape index (κ2) is 7.84. The third kappa shape index (κ3) is 3.91. The predicted octanol–water partition coefficient (Wildman–Crippen LogP) is 2.99. The van der Waals surface area contributed by atoms with E-state index in [-0.39, 0.29) is 23.4 Å². The van der Waals surface area contributed by atoms with E-state index in [9.17, 15) is 14.4 Å². The molecule has 1 saturated heterocycles. The molecule has 2 aromatic carbocycles. The van der Waals surface area contributed by atoms with Gasteiger partial charge in [-0.3, -0.25) is 9.59 Å². The largest absolute Gasteiger partial charge is 0.444 e. The molecule has 1 N–H and O–H groups in total. The van der Waals surface area contributed by atoms with Crippen LogP contribution in [0.15, 0.2) is 54.6 Å². The number of ether oxygens (including phenoxy) is 1. The summed E-state index contributed by atoms with van der Waals surface area (Å²) in [5, 5.41) is 2.91. The summed E-state index contributed by atoms with van der Waals surface area (Å²) in [7, 11) is 0. The highest BCUT2D eigenvalue weighted by Crippen LogP contribution is 2.29. The van der Waals surface area contributed by atoms with Crippen molar-refractivity contribution in [2.45, 2.75) is 37.8 Å². The minimum absolute atomic E-state index is 0.00802. The Morgan fingerprint density at radius 1 is 1.04 bits per heavy atom. The highest BCUT2D eigenvalue weighted by Gasteiger charge is 2.32. The Morgan fingerprint density at radius 3 is 2.43 bits per heavy atom. The lowest BCUT2D eigenvalue weighted by atomic mass is 10.1. The number of para-hydroxylation sites is 1. The summed E-state index contributed by atoms with van der Waals surface area (Å²) in [6.07, 6.45) is 2.09. The Kier molecular flexibility index (Phi) is 5.10. The van der Waals surface area contributed by atoms with Crippen molar-refractivity contribution in [3.8, 4) is 0 Å². The fourth-order valence-corrected chi connectivity index (χ4v) is 3.36. The summed E-state index contributed by atoms with van der Waals surface area (Å²) in [6, 6.07) is 16.0. The van der Waals surface area contributed by atoms with Gasteiger partial charge in [-0.15, -0.1) is 0 Å². The topological polar surface area (TPSA) is 75.7 Å². The van der Waals surface area contributed by atoms with Gasteiger partial charge in [0.25, 0.3) is 5.91 Å². The molecule has 1 saturated carbocycles. The summed E-state index contributed by atoms with van der Waals surface area (Å²) in [4.78, 5) is 39.4. The van der Waals surface area contributed by atoms with Crippen molar-refractivity contribution in [1.82, 2.24) is 5.32 Å². The van der Waals surface area contributed by atoms with Gasteiger partial charge in [-0.25, -0.2) is 4.79 Å². The van der Waals surface area contributed by atoms with E-state index in [0.717, 1.165) is 19.3 Å². The fraction of sp³-hybridized carbons (Fsp3) is 0.318. The molecule has 4 rings (SSSR count). The van der Waals surface area contributed by atoms with Crippen molar-refractivity contribution in [2.75, 3.05) is 11.4 Å². The minimum atomic E-state index is -1.03. The molecule has 28 heavy (non-hydrogen) atoms. The fourth-order valence-electron chi connectivity index (χ4n) is 3.36. The molecule has 2 aromatic rings. The zero-order valence-corrected chi connectivity index (χ0v) is 15.5. The highest BCUT2D eigenvalue weighted by molar-refractivity contribution is 6.04. The van der Waals surface area contributed by atoms with Crippen LogP contribution < -0.4 is 10.2 Å². The number of nitrogens with zero attached hydrogens (tertiary/aromatic N) is 1. The Morgan fingerprint density at radius 2 is 1.75 bits per heavy atom. The second-order valence-electron chi connectivity index (χ2n) is 7.14. The number of amides is 2. The van der Waals surface area contributed by atoms with Crippen LogP contribution in [0, 0.1) is 0 Å². The molecule has 1 heterocycles. The Hall–Kier alpha value is -3.15. The lowest BCUT2D eigenvalue weighted by molar-refractivity contribution is -0.130. The van der Waals surface area contributed by atoms with Gasteiger partial charge in [0.2, 0.25) is 12.0 Å². The average molecular weight is 378 g/mol. The highest BCUT2D eigenvalue weighted by atomic mass is 16.5. The number of hydrogen-bond acceptors (Lipinski definition) is 4. The quantitative estimate of drug-likeness (QED) is 0.784. The van der Waals surface area contributed by atoms with E-state index in [2.05, 4.69) is 5.32 Å². The Balaban J connectivity index is 1.59. The van der Waals surface area contributed by atoms with Crippen LogP contribution in [-0.4, -0.2) is 30.4 Å². The summed E-state index contributed by atoms with van der Waals surface area (Å²) < 4.78 is 5.66. The summed E-state index contributed by atoms with van der Waals surface area (Å²) in [5.74, 6) is -0.946. The maximum absolute atomic E-state index is 13.0. The van der Waals surface area contributed by atoms with Crippen LogP contribution >= 0.6 is 0 Å². The molecule has 0 radical (unpaired) electrons. The van der Waals surface area contributed by atoms with Gasteiger partial charge in [0, 0.05) is 24.6 Å². The van der Waals surface area contributed by atoms with Crippen LogP contribution in [0.2, 0.25) is 0 Å². The van der Waals surface area contributed by atoms with E-state index in [1.807, 2.05) is 6.07 Å². The SMILES string of the molecule is O=C(O[C@@H](C(=O)NC1CC1)c1ccccc1)c1ccccc1N1CCCC1=O. The smallest absolute Gasteiger partial charge is 0.341 e. The van der Waals surface area contributed by atoms with Crippen LogP contribution in [-0.2, 0) is 14.3 Å². The van der Waals surface area contributed by atoms with Crippen molar-refractivity contribution in [1.29, 1.82) is 0 Å². The van der Waals surface area contributed by atoms with Crippen LogP contribution in [0.3, 0.4) is 0 Å². The number of benzene rings is 2. The van der Waals surface area contributed by atoms with E-state index >= 15 is 0 Å². The maximum Gasteiger partial charge on any atom is 0.341 e. The molecule has 0 aromatic heterocycles. The lowest BCUT2D eigenvalue weighted by Crippen LogP contribution is -2.34. The molecule has 2 fully saturated rings. The lowest BCUT2D eigenvalue weighted by Gasteiger charge is -2.21. The molecule has 2 aliphatic rings. The molecule has 2 amide bonds. The number of rotatable bonds is 6. The molecule has 144 valence electrons. The van der Waals surface area contributed by atoms with Gasteiger partial charge in [-0.05, 0) is 31.4 Å². The molecule has 1 aliphatic heterocycles. The molecule has 1 aliphatic carbocycles. The normalized spacial score (nSPS) is 17.3. The first-order chi connectivity index (χ1) is 13.6. The van der Waals surface area contributed by atoms with Crippen molar-refractivity contribution in [3.63, 3.8) is 0 Å². The number of esters is 1. The molecule has 0 spiro atoms. The van der Waals surface area contributed by atoms with E-state index in [1.54, 1.807) is 53.4 Å². The average Bonchev–Trinajstić information content (AvgIpc) is 3.43. The first kappa shape index (κ1) is 18.2.